The third kappa shape index (κ3) is 7.07. The number of benzene rings is 2. The fourth-order valence-corrected chi connectivity index (χ4v) is 3.87. The first-order valence-corrected chi connectivity index (χ1v) is 11.2. The van der Waals surface area contributed by atoms with Crippen LogP contribution < -0.4 is 10.1 Å². The molecule has 2 amide bonds. The molecule has 2 aromatic rings. The van der Waals surface area contributed by atoms with E-state index in [0.717, 1.165) is 38.5 Å². The maximum absolute atomic E-state index is 12.8. The Hall–Kier alpha value is -2.90. The van der Waals surface area contributed by atoms with E-state index in [0.29, 0.717) is 12.2 Å². The Labute approximate surface area is 190 Å². The van der Waals surface area contributed by atoms with Gasteiger partial charge in [-0.25, -0.2) is 0 Å². The Kier molecular flexibility index (Phi) is 8.64. The molecule has 0 atom stereocenters. The molecule has 32 heavy (non-hydrogen) atoms. The summed E-state index contributed by atoms with van der Waals surface area (Å²) >= 11 is 0. The van der Waals surface area contributed by atoms with Gasteiger partial charge in [0.05, 0.1) is 20.2 Å². The molecule has 1 aliphatic rings. The van der Waals surface area contributed by atoms with E-state index in [1.54, 1.807) is 31.4 Å². The Balaban J connectivity index is 1.42. The first-order chi connectivity index (χ1) is 15.5. The van der Waals surface area contributed by atoms with Gasteiger partial charge in [-0.2, -0.15) is 0 Å². The standard InChI is InChI=1S/C25H34N4O3/c1-4-27(18-24(30)26-22-8-10-23(32-3)11-9-22)19-25(31)29-14-12-28(13-15-29)17-21-7-5-6-20(2)16-21/h5-11,16H,4,12-15,17-19H2,1-3H3,(H,26,30). The molecule has 1 heterocycles. The highest BCUT2D eigenvalue weighted by atomic mass is 16.5. The zero-order chi connectivity index (χ0) is 22.9. The monoisotopic (exact) mass is 438 g/mol. The van der Waals surface area contributed by atoms with Crippen LogP contribution in [0, 0.1) is 6.92 Å². The van der Waals surface area contributed by atoms with Gasteiger partial charge in [0.1, 0.15) is 5.75 Å². The van der Waals surface area contributed by atoms with Gasteiger partial charge in [-0.1, -0.05) is 36.8 Å². The van der Waals surface area contributed by atoms with E-state index in [1.807, 2.05) is 16.7 Å². The molecule has 0 radical (unpaired) electrons. The highest BCUT2D eigenvalue weighted by Crippen LogP contribution is 2.15. The number of nitrogens with zero attached hydrogens (tertiary/aromatic N) is 3. The number of hydrogen-bond donors (Lipinski definition) is 1. The van der Waals surface area contributed by atoms with Crippen LogP contribution in [-0.4, -0.2) is 79.4 Å². The summed E-state index contributed by atoms with van der Waals surface area (Å²) in [5, 5.41) is 2.88. The van der Waals surface area contributed by atoms with Gasteiger partial charge in [0, 0.05) is 38.4 Å². The third-order valence-electron chi connectivity index (χ3n) is 5.76. The first-order valence-electron chi connectivity index (χ1n) is 11.2. The zero-order valence-corrected chi connectivity index (χ0v) is 19.3. The van der Waals surface area contributed by atoms with Crippen molar-refractivity contribution in [2.24, 2.45) is 0 Å². The van der Waals surface area contributed by atoms with Crippen LogP contribution in [0.1, 0.15) is 18.1 Å². The molecule has 1 N–H and O–H groups in total. The minimum atomic E-state index is -0.132. The second-order valence-electron chi connectivity index (χ2n) is 8.23. The molecule has 3 rings (SSSR count). The van der Waals surface area contributed by atoms with Crippen LogP contribution in [0.15, 0.2) is 48.5 Å². The number of methoxy groups -OCH3 is 1. The molecule has 7 nitrogen and oxygen atoms in total. The molecular weight excluding hydrogens is 404 g/mol. The number of carbonyl (C=O) groups excluding carboxylic acids is 2. The number of amides is 2. The Morgan fingerprint density at radius 1 is 1.03 bits per heavy atom. The molecule has 0 spiro atoms. The number of nitrogens with one attached hydrogen (secondary N) is 1. The van der Waals surface area contributed by atoms with Gasteiger partial charge in [0.25, 0.3) is 0 Å². The highest BCUT2D eigenvalue weighted by molar-refractivity contribution is 5.92. The Bertz CT molecular complexity index is 892. The Morgan fingerprint density at radius 2 is 1.75 bits per heavy atom. The molecule has 0 aliphatic carbocycles. The molecule has 172 valence electrons. The minimum Gasteiger partial charge on any atom is -0.497 e. The summed E-state index contributed by atoms with van der Waals surface area (Å²) in [6.45, 7) is 9.23. The van der Waals surface area contributed by atoms with Crippen molar-refractivity contribution >= 4 is 17.5 Å². The lowest BCUT2D eigenvalue weighted by molar-refractivity contribution is -0.134. The summed E-state index contributed by atoms with van der Waals surface area (Å²) in [6.07, 6.45) is 0. The summed E-state index contributed by atoms with van der Waals surface area (Å²) in [7, 11) is 1.60. The van der Waals surface area contributed by atoms with E-state index in [4.69, 9.17) is 4.74 Å². The van der Waals surface area contributed by atoms with Gasteiger partial charge in [-0.15, -0.1) is 0 Å². The maximum Gasteiger partial charge on any atom is 0.238 e. The average Bonchev–Trinajstić information content (AvgIpc) is 2.79. The van der Waals surface area contributed by atoms with E-state index in [1.165, 1.54) is 11.1 Å². The summed E-state index contributed by atoms with van der Waals surface area (Å²) < 4.78 is 5.13. The van der Waals surface area contributed by atoms with Crippen LogP contribution in [0.3, 0.4) is 0 Å². The lowest BCUT2D eigenvalue weighted by Gasteiger charge is -2.35. The van der Waals surface area contributed by atoms with Crippen LogP contribution in [0.2, 0.25) is 0 Å². The lowest BCUT2D eigenvalue weighted by Crippen LogP contribution is -2.51. The van der Waals surface area contributed by atoms with Crippen LogP contribution in [-0.2, 0) is 16.1 Å². The van der Waals surface area contributed by atoms with E-state index < -0.39 is 0 Å². The third-order valence-corrected chi connectivity index (χ3v) is 5.76. The SMILES string of the molecule is CCN(CC(=O)Nc1ccc(OC)cc1)CC(=O)N1CCN(Cc2cccc(C)c2)CC1. The molecule has 7 heteroatoms. The van der Waals surface area contributed by atoms with Gasteiger partial charge in [0.2, 0.25) is 11.8 Å². The summed E-state index contributed by atoms with van der Waals surface area (Å²) in [6, 6.07) is 15.8. The topological polar surface area (TPSA) is 65.1 Å². The predicted molar refractivity (Wildman–Crippen MR) is 127 cm³/mol. The van der Waals surface area contributed by atoms with Gasteiger partial charge >= 0.3 is 0 Å². The average molecular weight is 439 g/mol. The number of hydrogen-bond acceptors (Lipinski definition) is 5. The number of ether oxygens (including phenoxy) is 1. The van der Waals surface area contributed by atoms with E-state index in [-0.39, 0.29) is 24.9 Å². The van der Waals surface area contributed by atoms with Crippen molar-refractivity contribution in [3.63, 3.8) is 0 Å². The van der Waals surface area contributed by atoms with Gasteiger partial charge in [-0.3, -0.25) is 19.4 Å². The van der Waals surface area contributed by atoms with Crippen LogP contribution in [0.25, 0.3) is 0 Å². The number of likely N-dealkylation sites (N-methyl/N-ethyl adjacent to an activating group) is 1. The van der Waals surface area contributed by atoms with Gasteiger partial charge in [-0.05, 0) is 43.3 Å². The number of anilines is 1. The van der Waals surface area contributed by atoms with Crippen molar-refractivity contribution < 1.29 is 14.3 Å². The summed E-state index contributed by atoms with van der Waals surface area (Å²) in [5.41, 5.74) is 3.29. The van der Waals surface area contributed by atoms with Crippen molar-refractivity contribution in [2.75, 3.05) is 58.2 Å². The van der Waals surface area contributed by atoms with Gasteiger partial charge < -0.3 is 15.0 Å². The number of carbonyl (C=O) groups is 2. The zero-order valence-electron chi connectivity index (χ0n) is 19.3. The summed E-state index contributed by atoms with van der Waals surface area (Å²) in [4.78, 5) is 31.4. The normalized spacial score (nSPS) is 14.4. The summed E-state index contributed by atoms with van der Waals surface area (Å²) in [5.74, 6) is 0.690. The molecule has 2 aromatic carbocycles. The molecule has 0 saturated carbocycles. The van der Waals surface area contributed by atoms with Crippen molar-refractivity contribution in [1.82, 2.24) is 14.7 Å². The Morgan fingerprint density at radius 3 is 2.38 bits per heavy atom. The molecular formula is C25H34N4O3. The lowest BCUT2D eigenvalue weighted by atomic mass is 10.1. The van der Waals surface area contributed by atoms with Gasteiger partial charge in [0.15, 0.2) is 0 Å². The quantitative estimate of drug-likeness (QED) is 0.652. The largest absolute Gasteiger partial charge is 0.497 e. The fraction of sp³-hybridized carbons (Fsp3) is 0.440. The van der Waals surface area contributed by atoms with Crippen molar-refractivity contribution in [1.29, 1.82) is 0 Å². The number of aryl methyl sites for hydroxylation is 1. The molecule has 1 fully saturated rings. The first kappa shape index (κ1) is 23.8. The fourth-order valence-electron chi connectivity index (χ4n) is 3.87. The van der Waals surface area contributed by atoms with E-state index in [2.05, 4.69) is 41.4 Å². The van der Waals surface area contributed by atoms with Crippen LogP contribution in [0.5, 0.6) is 5.75 Å². The molecule has 0 aromatic heterocycles. The molecule has 1 saturated heterocycles. The van der Waals surface area contributed by atoms with Crippen molar-refractivity contribution in [3.05, 3.63) is 59.7 Å². The number of piperazine rings is 1. The second kappa shape index (κ2) is 11.6. The predicted octanol–water partition coefficient (Wildman–Crippen LogP) is 2.61. The van der Waals surface area contributed by atoms with E-state index >= 15 is 0 Å². The molecule has 0 bridgehead atoms. The molecule has 0 unspecified atom stereocenters. The van der Waals surface area contributed by atoms with Crippen LogP contribution >= 0.6 is 0 Å². The van der Waals surface area contributed by atoms with Crippen molar-refractivity contribution in [2.45, 2.75) is 20.4 Å². The maximum atomic E-state index is 12.8. The molecule has 1 aliphatic heterocycles. The van der Waals surface area contributed by atoms with Crippen LogP contribution in [0.4, 0.5) is 5.69 Å². The highest BCUT2D eigenvalue weighted by Gasteiger charge is 2.23. The number of rotatable bonds is 9. The smallest absolute Gasteiger partial charge is 0.238 e. The minimum absolute atomic E-state index is 0.0827. The van der Waals surface area contributed by atoms with Crippen molar-refractivity contribution in [3.8, 4) is 5.75 Å². The second-order valence-corrected chi connectivity index (χ2v) is 8.23. The van der Waals surface area contributed by atoms with E-state index in [9.17, 15) is 9.59 Å².